The number of carbonyl (C=O) groups excluding carboxylic acids is 1. The summed E-state index contributed by atoms with van der Waals surface area (Å²) in [5.74, 6) is 0.0237. The molecule has 1 amide bonds. The minimum absolute atomic E-state index is 0.0237. The van der Waals surface area contributed by atoms with Gasteiger partial charge in [-0.2, -0.15) is 0 Å². The van der Waals surface area contributed by atoms with Gasteiger partial charge in [-0.1, -0.05) is 11.3 Å². The fraction of sp³-hybridized carbons (Fsp3) is 0.214. The molecule has 7 heteroatoms. The molecule has 0 unspecified atom stereocenters. The number of aromatic nitrogens is 1. The maximum Gasteiger partial charge on any atom is 0.409 e. The van der Waals surface area contributed by atoms with Crippen LogP contribution in [0.1, 0.15) is 22.3 Å². The summed E-state index contributed by atoms with van der Waals surface area (Å²) in [7, 11) is 1.86. The first-order chi connectivity index (χ1) is 9.88. The van der Waals surface area contributed by atoms with E-state index in [2.05, 4.69) is 10.3 Å². The lowest BCUT2D eigenvalue weighted by Crippen LogP contribution is -2.11. The quantitative estimate of drug-likeness (QED) is 0.855. The Balaban J connectivity index is 2.38. The summed E-state index contributed by atoms with van der Waals surface area (Å²) < 4.78 is 1.87. The topological polar surface area (TPSA) is 83.7 Å². The second kappa shape index (κ2) is 5.92. The van der Waals surface area contributed by atoms with Crippen LogP contribution in [0.15, 0.2) is 29.3 Å². The zero-order chi connectivity index (χ0) is 15.6. The molecule has 6 nitrogen and oxygen atoms in total. The molecule has 110 valence electrons. The van der Waals surface area contributed by atoms with Crippen LogP contribution < -0.4 is 10.1 Å². The Morgan fingerprint density at radius 1 is 1.29 bits per heavy atom. The van der Waals surface area contributed by atoms with Gasteiger partial charge in [0.05, 0.1) is 10.6 Å². The molecule has 2 aromatic rings. The molecule has 0 saturated carbocycles. The average Bonchev–Trinajstić information content (AvgIpc) is 2.69. The number of rotatable bonds is 3. The van der Waals surface area contributed by atoms with E-state index in [1.807, 2.05) is 18.5 Å². The largest absolute Gasteiger partial charge is 0.465 e. The number of nitrogens with one attached hydrogen (secondary N) is 1. The van der Waals surface area contributed by atoms with Gasteiger partial charge in [-0.15, -0.1) is 0 Å². The summed E-state index contributed by atoms with van der Waals surface area (Å²) in [6, 6.07) is 6.71. The number of Topliss-reactive ketones (excluding diaryl/α,β-unsaturated/α-hetero) is 1. The highest BCUT2D eigenvalue weighted by molar-refractivity contribution is 7.11. The van der Waals surface area contributed by atoms with Crippen molar-refractivity contribution in [2.24, 2.45) is 12.0 Å². The predicted molar refractivity (Wildman–Crippen MR) is 81.3 cm³/mol. The first kappa shape index (κ1) is 15.0. The van der Waals surface area contributed by atoms with Crippen molar-refractivity contribution < 1.29 is 14.7 Å². The van der Waals surface area contributed by atoms with Crippen LogP contribution in [0.5, 0.6) is 0 Å². The lowest BCUT2D eigenvalue weighted by molar-refractivity contribution is 0.102. The molecule has 0 saturated heterocycles. The number of carboxylic acid groups (broad SMARTS) is 1. The van der Waals surface area contributed by atoms with Gasteiger partial charge in [-0.25, -0.2) is 9.79 Å². The van der Waals surface area contributed by atoms with Crippen LogP contribution in [0.3, 0.4) is 0 Å². The van der Waals surface area contributed by atoms with Crippen molar-refractivity contribution in [1.82, 2.24) is 4.57 Å². The molecule has 0 spiro atoms. The molecule has 1 aromatic carbocycles. The highest BCUT2D eigenvalue weighted by atomic mass is 32.1. The minimum atomic E-state index is -1.11. The minimum Gasteiger partial charge on any atom is -0.465 e. The van der Waals surface area contributed by atoms with Gasteiger partial charge in [0.1, 0.15) is 0 Å². The highest BCUT2D eigenvalue weighted by Gasteiger charge is 2.10. The first-order valence-corrected chi connectivity index (χ1v) is 7.02. The van der Waals surface area contributed by atoms with Gasteiger partial charge in [0.2, 0.25) is 0 Å². The second-order valence-corrected chi connectivity index (χ2v) is 5.48. The maximum atomic E-state index is 11.5. The highest BCUT2D eigenvalue weighted by Crippen LogP contribution is 2.17. The van der Waals surface area contributed by atoms with Crippen molar-refractivity contribution in [2.75, 3.05) is 5.32 Å². The van der Waals surface area contributed by atoms with Gasteiger partial charge >= 0.3 is 6.09 Å². The van der Waals surface area contributed by atoms with Crippen molar-refractivity contribution in [3.63, 3.8) is 0 Å². The van der Waals surface area contributed by atoms with E-state index in [4.69, 9.17) is 5.11 Å². The van der Waals surface area contributed by atoms with Gasteiger partial charge in [0.25, 0.3) is 0 Å². The monoisotopic (exact) mass is 305 g/mol. The fourth-order valence-electron chi connectivity index (χ4n) is 1.81. The van der Waals surface area contributed by atoms with Crippen molar-refractivity contribution >= 4 is 34.6 Å². The van der Waals surface area contributed by atoms with Crippen LogP contribution in [-0.2, 0) is 7.05 Å². The zero-order valence-corrected chi connectivity index (χ0v) is 12.7. The number of hydrogen-bond donors (Lipinski definition) is 2. The van der Waals surface area contributed by atoms with Crippen LogP contribution in [0.25, 0.3) is 0 Å². The first-order valence-electron chi connectivity index (χ1n) is 6.20. The Hall–Kier alpha value is -2.41. The van der Waals surface area contributed by atoms with E-state index in [-0.39, 0.29) is 5.78 Å². The molecular formula is C14H15N3O3S. The van der Waals surface area contributed by atoms with Gasteiger partial charge in [0.15, 0.2) is 10.6 Å². The van der Waals surface area contributed by atoms with Crippen molar-refractivity contribution in [3.8, 4) is 0 Å². The SMILES string of the molecule is CC(=O)c1s/c(=N/c2ccc(NC(=O)O)cc2)n(C)c1C. The number of nitrogens with zero attached hydrogens (tertiary/aromatic N) is 2. The maximum absolute atomic E-state index is 11.5. The van der Waals surface area contributed by atoms with Gasteiger partial charge < -0.3 is 9.67 Å². The van der Waals surface area contributed by atoms with Gasteiger partial charge in [-0.05, 0) is 31.2 Å². The third-order valence-electron chi connectivity index (χ3n) is 2.98. The Morgan fingerprint density at radius 2 is 1.90 bits per heavy atom. The molecular weight excluding hydrogens is 290 g/mol. The second-order valence-electron chi connectivity index (χ2n) is 4.50. The number of carbonyl (C=O) groups is 2. The van der Waals surface area contributed by atoms with Crippen LogP contribution in [0.2, 0.25) is 0 Å². The van der Waals surface area contributed by atoms with E-state index in [1.165, 1.54) is 18.3 Å². The number of ketones is 1. The summed E-state index contributed by atoms with van der Waals surface area (Å²) >= 11 is 1.34. The molecule has 1 heterocycles. The molecule has 1 aromatic heterocycles. The van der Waals surface area contributed by atoms with E-state index in [9.17, 15) is 9.59 Å². The lowest BCUT2D eigenvalue weighted by Gasteiger charge is -2.00. The van der Waals surface area contributed by atoms with Gasteiger partial charge in [0, 0.05) is 25.4 Å². The smallest absolute Gasteiger partial charge is 0.409 e. The Kier molecular flexibility index (Phi) is 4.23. The number of thiazole rings is 1. The Bertz CT molecular complexity index is 757. The van der Waals surface area contributed by atoms with Crippen LogP contribution in [0.4, 0.5) is 16.2 Å². The summed E-state index contributed by atoms with van der Waals surface area (Å²) in [5.41, 5.74) is 2.06. The van der Waals surface area contributed by atoms with Gasteiger partial charge in [-0.3, -0.25) is 10.1 Å². The summed E-state index contributed by atoms with van der Waals surface area (Å²) in [4.78, 5) is 27.9. The number of anilines is 1. The van der Waals surface area contributed by atoms with Crippen molar-refractivity contribution in [1.29, 1.82) is 0 Å². The molecule has 0 fully saturated rings. The number of amides is 1. The normalized spacial score (nSPS) is 11.5. The Labute approximate surface area is 125 Å². The number of hydrogen-bond acceptors (Lipinski definition) is 4. The molecule has 0 aliphatic carbocycles. The van der Waals surface area contributed by atoms with Crippen molar-refractivity contribution in [2.45, 2.75) is 13.8 Å². The molecule has 2 N–H and O–H groups in total. The number of benzene rings is 1. The third kappa shape index (κ3) is 3.38. The standard InChI is InChI=1S/C14H15N3O3S/c1-8-12(9(2)18)21-13(17(8)3)15-10-4-6-11(7-5-10)16-14(19)20/h4-7,16H,1-3H3,(H,19,20)/b15-13+. The summed E-state index contributed by atoms with van der Waals surface area (Å²) in [6.45, 7) is 3.42. The lowest BCUT2D eigenvalue weighted by atomic mass is 10.3. The summed E-state index contributed by atoms with van der Waals surface area (Å²) in [5, 5.41) is 10.9. The van der Waals surface area contributed by atoms with Crippen LogP contribution in [0, 0.1) is 6.92 Å². The van der Waals surface area contributed by atoms with E-state index in [1.54, 1.807) is 24.3 Å². The third-order valence-corrected chi connectivity index (χ3v) is 4.31. The van der Waals surface area contributed by atoms with E-state index >= 15 is 0 Å². The Morgan fingerprint density at radius 3 is 2.38 bits per heavy atom. The molecule has 0 aliphatic rings. The molecule has 0 bridgehead atoms. The van der Waals surface area contributed by atoms with E-state index in [0.29, 0.717) is 16.3 Å². The average molecular weight is 305 g/mol. The van der Waals surface area contributed by atoms with E-state index in [0.717, 1.165) is 10.5 Å². The predicted octanol–water partition coefficient (Wildman–Crippen LogP) is 2.92. The fourth-order valence-corrected chi connectivity index (χ4v) is 2.84. The zero-order valence-electron chi connectivity index (χ0n) is 11.9. The molecule has 0 aliphatic heterocycles. The molecule has 2 rings (SSSR count). The molecule has 0 radical (unpaired) electrons. The van der Waals surface area contributed by atoms with Crippen molar-refractivity contribution in [3.05, 3.63) is 39.6 Å². The van der Waals surface area contributed by atoms with Crippen LogP contribution >= 0.6 is 11.3 Å². The van der Waals surface area contributed by atoms with E-state index < -0.39 is 6.09 Å². The molecule has 0 atom stereocenters. The molecule has 21 heavy (non-hydrogen) atoms. The van der Waals surface area contributed by atoms with Crippen LogP contribution in [-0.4, -0.2) is 21.6 Å². The summed E-state index contributed by atoms with van der Waals surface area (Å²) in [6.07, 6.45) is -1.11.